The van der Waals surface area contributed by atoms with Crippen LogP contribution in [0.4, 0.5) is 10.1 Å². The summed E-state index contributed by atoms with van der Waals surface area (Å²) in [5.41, 5.74) is 1.49. The van der Waals surface area contributed by atoms with Crippen LogP contribution in [0.5, 0.6) is 0 Å². The number of nitrogens with zero attached hydrogens (tertiary/aromatic N) is 3. The Labute approximate surface area is 203 Å². The number of carbonyl (C=O) groups excluding carboxylic acids is 2. The molecule has 1 aliphatic heterocycles. The van der Waals surface area contributed by atoms with Gasteiger partial charge >= 0.3 is 0 Å². The van der Waals surface area contributed by atoms with Gasteiger partial charge in [-0.25, -0.2) is 4.39 Å². The zero-order valence-electron chi connectivity index (χ0n) is 20.0. The highest BCUT2D eigenvalue weighted by Gasteiger charge is 2.27. The largest absolute Gasteiger partial charge is 0.352 e. The van der Waals surface area contributed by atoms with E-state index in [4.69, 9.17) is 4.52 Å². The van der Waals surface area contributed by atoms with Crippen molar-refractivity contribution < 1.29 is 18.5 Å². The fourth-order valence-corrected chi connectivity index (χ4v) is 4.12. The van der Waals surface area contributed by atoms with Gasteiger partial charge < -0.3 is 15.2 Å². The molecule has 1 aromatic heterocycles. The number of hydrogen-bond acceptors (Lipinski definition) is 6. The minimum Gasteiger partial charge on any atom is -0.352 e. The molecule has 2 N–H and O–H groups in total. The van der Waals surface area contributed by atoms with E-state index in [1.165, 1.54) is 12.1 Å². The first-order valence-electron chi connectivity index (χ1n) is 11.9. The minimum atomic E-state index is -0.359. The molecule has 0 spiro atoms. The molecule has 0 saturated carbocycles. The van der Waals surface area contributed by atoms with Gasteiger partial charge in [0.1, 0.15) is 5.82 Å². The summed E-state index contributed by atoms with van der Waals surface area (Å²) in [6.45, 7) is 6.16. The molecule has 0 bridgehead atoms. The van der Waals surface area contributed by atoms with E-state index >= 15 is 0 Å². The Balaban J connectivity index is 1.36. The van der Waals surface area contributed by atoms with E-state index < -0.39 is 0 Å². The predicted molar refractivity (Wildman–Crippen MR) is 130 cm³/mol. The van der Waals surface area contributed by atoms with Crippen LogP contribution < -0.4 is 10.6 Å². The number of para-hydroxylation sites is 1. The standard InChI is InChI=1S/C26H30FN5O3/c1-17(2)14-28-25(34)21-10-3-4-11-22(21)29-23(33)16-32-12-6-8-19(15-32)26-30-24(31-35-26)18-7-5-9-20(27)13-18/h3-5,7,9-11,13,17,19H,6,8,12,14-16H2,1-2H3,(H,28,34)(H,29,33). The van der Waals surface area contributed by atoms with E-state index in [9.17, 15) is 14.0 Å². The van der Waals surface area contributed by atoms with Crippen molar-refractivity contribution in [3.05, 3.63) is 65.8 Å². The molecule has 3 aromatic rings. The second-order valence-corrected chi connectivity index (χ2v) is 9.24. The van der Waals surface area contributed by atoms with Crippen molar-refractivity contribution in [3.8, 4) is 11.4 Å². The lowest BCUT2D eigenvalue weighted by molar-refractivity contribution is -0.117. The van der Waals surface area contributed by atoms with Crippen molar-refractivity contribution in [2.45, 2.75) is 32.6 Å². The third kappa shape index (κ3) is 6.51. The van der Waals surface area contributed by atoms with Crippen molar-refractivity contribution in [1.82, 2.24) is 20.4 Å². The summed E-state index contributed by atoms with van der Waals surface area (Å²) in [5.74, 6) is 0.391. The molecular formula is C26H30FN5O3. The summed E-state index contributed by atoms with van der Waals surface area (Å²) in [6, 6.07) is 13.1. The maximum atomic E-state index is 13.5. The van der Waals surface area contributed by atoms with E-state index in [-0.39, 0.29) is 30.1 Å². The smallest absolute Gasteiger partial charge is 0.253 e. The second kappa shape index (κ2) is 11.2. The average molecular weight is 480 g/mol. The number of rotatable bonds is 8. The lowest BCUT2D eigenvalue weighted by Gasteiger charge is -2.30. The van der Waals surface area contributed by atoms with Crippen molar-refractivity contribution >= 4 is 17.5 Å². The molecule has 0 radical (unpaired) electrons. The van der Waals surface area contributed by atoms with Gasteiger partial charge in [0.25, 0.3) is 5.91 Å². The molecule has 1 atom stereocenters. The van der Waals surface area contributed by atoms with Gasteiger partial charge in [-0.3, -0.25) is 14.5 Å². The molecule has 1 saturated heterocycles. The molecule has 1 fully saturated rings. The number of piperidine rings is 1. The molecule has 4 rings (SSSR count). The summed E-state index contributed by atoms with van der Waals surface area (Å²) in [6.07, 6.45) is 1.74. The summed E-state index contributed by atoms with van der Waals surface area (Å²) >= 11 is 0. The Bertz CT molecular complexity index is 1180. The highest BCUT2D eigenvalue weighted by Crippen LogP contribution is 2.28. The first-order valence-corrected chi connectivity index (χ1v) is 11.9. The average Bonchev–Trinajstić information content (AvgIpc) is 3.33. The summed E-state index contributed by atoms with van der Waals surface area (Å²) in [7, 11) is 0. The number of aromatic nitrogens is 2. The van der Waals surface area contributed by atoms with Gasteiger partial charge in [-0.1, -0.05) is 43.3 Å². The molecule has 1 aliphatic rings. The fourth-order valence-electron chi connectivity index (χ4n) is 4.12. The lowest BCUT2D eigenvalue weighted by Crippen LogP contribution is -2.40. The van der Waals surface area contributed by atoms with E-state index in [1.54, 1.807) is 36.4 Å². The van der Waals surface area contributed by atoms with E-state index in [0.29, 0.717) is 47.5 Å². The van der Waals surface area contributed by atoms with Gasteiger partial charge in [-0.05, 0) is 49.6 Å². The van der Waals surface area contributed by atoms with Crippen molar-refractivity contribution in [2.24, 2.45) is 5.92 Å². The first kappa shape index (κ1) is 24.5. The van der Waals surface area contributed by atoms with Crippen LogP contribution in [0.15, 0.2) is 53.1 Å². The third-order valence-corrected chi connectivity index (χ3v) is 5.86. The normalized spacial score (nSPS) is 16.3. The van der Waals surface area contributed by atoms with Crippen molar-refractivity contribution in [2.75, 3.05) is 31.5 Å². The van der Waals surface area contributed by atoms with Crippen LogP contribution in [0.2, 0.25) is 0 Å². The van der Waals surface area contributed by atoms with Crippen molar-refractivity contribution in [1.29, 1.82) is 0 Å². The summed E-state index contributed by atoms with van der Waals surface area (Å²) < 4.78 is 19.0. The number of likely N-dealkylation sites (tertiary alicyclic amines) is 1. The highest BCUT2D eigenvalue weighted by molar-refractivity contribution is 6.04. The second-order valence-electron chi connectivity index (χ2n) is 9.24. The van der Waals surface area contributed by atoms with Gasteiger partial charge in [0.2, 0.25) is 17.6 Å². The van der Waals surface area contributed by atoms with Gasteiger partial charge in [0, 0.05) is 18.7 Å². The molecule has 8 nitrogen and oxygen atoms in total. The Morgan fingerprint density at radius 1 is 1.20 bits per heavy atom. The number of hydrogen-bond donors (Lipinski definition) is 2. The van der Waals surface area contributed by atoms with Crippen LogP contribution in [0.25, 0.3) is 11.4 Å². The Hall–Kier alpha value is -3.59. The van der Waals surface area contributed by atoms with Gasteiger partial charge in [-0.15, -0.1) is 0 Å². The van der Waals surface area contributed by atoms with Gasteiger partial charge in [0.05, 0.1) is 23.7 Å². The zero-order valence-corrected chi connectivity index (χ0v) is 20.0. The molecule has 35 heavy (non-hydrogen) atoms. The summed E-state index contributed by atoms with van der Waals surface area (Å²) in [5, 5.41) is 9.78. The Morgan fingerprint density at radius 3 is 2.83 bits per heavy atom. The lowest BCUT2D eigenvalue weighted by atomic mass is 9.98. The topological polar surface area (TPSA) is 100 Å². The van der Waals surface area contributed by atoms with E-state index in [1.807, 2.05) is 18.7 Å². The maximum absolute atomic E-state index is 13.5. The molecule has 2 amide bonds. The Morgan fingerprint density at radius 2 is 2.03 bits per heavy atom. The molecule has 2 aromatic carbocycles. The van der Waals surface area contributed by atoms with Crippen LogP contribution in [-0.4, -0.2) is 53.0 Å². The molecule has 9 heteroatoms. The summed E-state index contributed by atoms with van der Waals surface area (Å²) in [4.78, 5) is 31.9. The predicted octanol–water partition coefficient (Wildman–Crippen LogP) is 4.08. The number of anilines is 1. The van der Waals surface area contributed by atoms with E-state index in [2.05, 4.69) is 20.8 Å². The highest BCUT2D eigenvalue weighted by atomic mass is 19.1. The van der Waals surface area contributed by atoms with E-state index in [0.717, 1.165) is 19.4 Å². The first-order chi connectivity index (χ1) is 16.9. The molecular weight excluding hydrogens is 449 g/mol. The van der Waals surface area contributed by atoms with Crippen LogP contribution >= 0.6 is 0 Å². The van der Waals surface area contributed by atoms with Crippen LogP contribution in [0.3, 0.4) is 0 Å². The molecule has 0 aliphatic carbocycles. The monoisotopic (exact) mass is 479 g/mol. The Kier molecular flexibility index (Phi) is 7.87. The molecule has 1 unspecified atom stereocenters. The number of carbonyl (C=O) groups is 2. The van der Waals surface area contributed by atoms with Crippen LogP contribution in [-0.2, 0) is 4.79 Å². The van der Waals surface area contributed by atoms with Gasteiger partial charge in [-0.2, -0.15) is 4.98 Å². The maximum Gasteiger partial charge on any atom is 0.253 e. The number of nitrogens with one attached hydrogen (secondary N) is 2. The van der Waals surface area contributed by atoms with Crippen LogP contribution in [0, 0.1) is 11.7 Å². The molecule has 2 heterocycles. The quantitative estimate of drug-likeness (QED) is 0.505. The number of halogens is 1. The third-order valence-electron chi connectivity index (χ3n) is 5.86. The minimum absolute atomic E-state index is 0.0135. The number of amides is 2. The van der Waals surface area contributed by atoms with Gasteiger partial charge in [0.15, 0.2) is 0 Å². The number of benzene rings is 2. The molecule has 184 valence electrons. The fraction of sp³-hybridized carbons (Fsp3) is 0.385. The van der Waals surface area contributed by atoms with Crippen LogP contribution in [0.1, 0.15) is 48.9 Å². The SMILES string of the molecule is CC(C)CNC(=O)c1ccccc1NC(=O)CN1CCCC(c2nc(-c3cccc(F)c3)no2)C1. The zero-order chi connectivity index (χ0) is 24.8. The van der Waals surface area contributed by atoms with Crippen molar-refractivity contribution in [3.63, 3.8) is 0 Å².